The van der Waals surface area contributed by atoms with Crippen LogP contribution < -0.4 is 11.3 Å². The van der Waals surface area contributed by atoms with Crippen LogP contribution in [0, 0.1) is 6.92 Å². The molecule has 0 fully saturated rings. The molecule has 3 N–H and O–H groups in total. The van der Waals surface area contributed by atoms with Gasteiger partial charge in [0.1, 0.15) is 10.8 Å². The van der Waals surface area contributed by atoms with Gasteiger partial charge in [0.05, 0.1) is 5.56 Å². The monoisotopic (exact) mass is 301 g/mol. The zero-order valence-electron chi connectivity index (χ0n) is 10.3. The van der Waals surface area contributed by atoms with Crippen molar-refractivity contribution in [3.8, 4) is 0 Å². The van der Waals surface area contributed by atoms with Gasteiger partial charge in [-0.2, -0.15) is 13.2 Å². The maximum absolute atomic E-state index is 12.8. The molecule has 20 heavy (non-hydrogen) atoms. The Morgan fingerprint density at radius 3 is 2.60 bits per heavy atom. The minimum Gasteiger partial charge on any atom is -0.308 e. The summed E-state index contributed by atoms with van der Waals surface area (Å²) in [6, 6.07) is 3.45. The highest BCUT2D eigenvalue weighted by molar-refractivity contribution is 7.99. The number of pyridine rings is 1. The van der Waals surface area contributed by atoms with Crippen molar-refractivity contribution in [2.45, 2.75) is 23.3 Å². The first-order valence-corrected chi connectivity index (χ1v) is 6.23. The number of halogens is 3. The van der Waals surface area contributed by atoms with E-state index in [-0.39, 0.29) is 10.8 Å². The Hall–Kier alpha value is -1.87. The SMILES string of the molecule is Cc1ccnc(Sc2cc(C(F)(F)F)cc(NN)n2)n1. The molecule has 0 unspecified atom stereocenters. The lowest BCUT2D eigenvalue weighted by Crippen LogP contribution is -2.12. The first-order valence-electron chi connectivity index (χ1n) is 5.42. The van der Waals surface area contributed by atoms with Crippen molar-refractivity contribution >= 4 is 17.6 Å². The van der Waals surface area contributed by atoms with E-state index in [1.165, 1.54) is 6.20 Å². The van der Waals surface area contributed by atoms with E-state index in [1.54, 1.807) is 13.0 Å². The summed E-state index contributed by atoms with van der Waals surface area (Å²) in [4.78, 5) is 12.0. The van der Waals surface area contributed by atoms with Crippen molar-refractivity contribution in [3.63, 3.8) is 0 Å². The predicted molar refractivity (Wildman–Crippen MR) is 67.9 cm³/mol. The van der Waals surface area contributed by atoms with Gasteiger partial charge in [-0.1, -0.05) is 0 Å². The lowest BCUT2D eigenvalue weighted by molar-refractivity contribution is -0.137. The van der Waals surface area contributed by atoms with E-state index in [0.29, 0.717) is 10.9 Å². The third-order valence-electron chi connectivity index (χ3n) is 2.25. The zero-order valence-corrected chi connectivity index (χ0v) is 11.1. The Kier molecular flexibility index (Phi) is 4.09. The molecule has 5 nitrogen and oxygen atoms in total. The summed E-state index contributed by atoms with van der Waals surface area (Å²) in [6.07, 6.45) is -2.95. The summed E-state index contributed by atoms with van der Waals surface area (Å²) in [5, 5.41) is 0.429. The third kappa shape index (κ3) is 3.58. The van der Waals surface area contributed by atoms with Gasteiger partial charge in [-0.05, 0) is 36.9 Å². The minimum atomic E-state index is -4.47. The molecule has 0 aliphatic rings. The number of hydrogen-bond acceptors (Lipinski definition) is 6. The molecule has 0 aliphatic heterocycles. The molecular formula is C11H10F3N5S. The van der Waals surface area contributed by atoms with Crippen LogP contribution in [0.3, 0.4) is 0 Å². The molecule has 106 valence electrons. The Balaban J connectivity index is 2.36. The van der Waals surface area contributed by atoms with Crippen molar-refractivity contribution in [3.05, 3.63) is 35.7 Å². The Morgan fingerprint density at radius 2 is 2.00 bits per heavy atom. The fourth-order valence-corrected chi connectivity index (χ4v) is 2.18. The molecule has 0 aromatic carbocycles. The fraction of sp³-hybridized carbons (Fsp3) is 0.182. The molecule has 2 heterocycles. The molecule has 0 spiro atoms. The average molecular weight is 301 g/mol. The first kappa shape index (κ1) is 14.5. The van der Waals surface area contributed by atoms with E-state index in [2.05, 4.69) is 20.4 Å². The number of aromatic nitrogens is 3. The van der Waals surface area contributed by atoms with Crippen molar-refractivity contribution in [1.82, 2.24) is 15.0 Å². The highest BCUT2D eigenvalue weighted by atomic mass is 32.2. The molecule has 2 aromatic heterocycles. The second kappa shape index (κ2) is 5.63. The number of aryl methyl sites for hydroxylation is 1. The summed E-state index contributed by atoms with van der Waals surface area (Å²) < 4.78 is 38.3. The minimum absolute atomic E-state index is 0.0741. The van der Waals surface area contributed by atoms with E-state index >= 15 is 0 Å². The Morgan fingerprint density at radius 1 is 1.25 bits per heavy atom. The van der Waals surface area contributed by atoms with Crippen molar-refractivity contribution in [2.24, 2.45) is 5.84 Å². The standard InChI is InChI=1S/C11H10F3N5S/c1-6-2-3-16-10(17-6)20-9-5-7(11(12,13)14)4-8(18-9)19-15/h2-5H,15H2,1H3,(H,18,19). The van der Waals surface area contributed by atoms with Crippen molar-refractivity contribution < 1.29 is 13.2 Å². The molecule has 0 saturated carbocycles. The molecule has 0 aliphatic carbocycles. The van der Waals surface area contributed by atoms with Gasteiger partial charge < -0.3 is 5.43 Å². The van der Waals surface area contributed by atoms with E-state index < -0.39 is 11.7 Å². The molecule has 0 bridgehead atoms. The van der Waals surface area contributed by atoms with E-state index in [0.717, 1.165) is 23.9 Å². The summed E-state index contributed by atoms with van der Waals surface area (Å²) in [5.74, 6) is 5.05. The van der Waals surface area contributed by atoms with Crippen LogP contribution in [0.2, 0.25) is 0 Å². The van der Waals surface area contributed by atoms with Gasteiger partial charge in [-0.15, -0.1) is 0 Å². The quantitative estimate of drug-likeness (QED) is 0.515. The average Bonchev–Trinajstić information content (AvgIpc) is 2.37. The highest BCUT2D eigenvalue weighted by Crippen LogP contribution is 2.34. The summed E-state index contributed by atoms with van der Waals surface area (Å²) in [6.45, 7) is 1.76. The van der Waals surface area contributed by atoms with E-state index in [4.69, 9.17) is 5.84 Å². The van der Waals surface area contributed by atoms with Crippen LogP contribution in [0.25, 0.3) is 0 Å². The van der Waals surface area contributed by atoms with Gasteiger partial charge in [0.25, 0.3) is 0 Å². The maximum Gasteiger partial charge on any atom is 0.416 e. The molecular weight excluding hydrogens is 291 g/mol. The van der Waals surface area contributed by atoms with Crippen LogP contribution in [0.4, 0.5) is 19.0 Å². The van der Waals surface area contributed by atoms with Crippen LogP contribution in [-0.4, -0.2) is 15.0 Å². The normalized spacial score (nSPS) is 11.4. The van der Waals surface area contributed by atoms with Crippen LogP contribution in [0.1, 0.15) is 11.3 Å². The number of rotatable bonds is 3. The predicted octanol–water partition coefficient (Wildman–Crippen LogP) is 2.64. The van der Waals surface area contributed by atoms with Gasteiger partial charge in [0, 0.05) is 11.9 Å². The Bertz CT molecular complexity index is 617. The Labute approximate surface area is 116 Å². The fourth-order valence-electron chi connectivity index (χ4n) is 1.36. The van der Waals surface area contributed by atoms with Crippen LogP contribution >= 0.6 is 11.8 Å². The number of hydrogen-bond donors (Lipinski definition) is 2. The first-order chi connectivity index (χ1) is 9.38. The van der Waals surface area contributed by atoms with Crippen molar-refractivity contribution in [2.75, 3.05) is 5.43 Å². The number of hydrazine groups is 1. The van der Waals surface area contributed by atoms with Gasteiger partial charge in [0.2, 0.25) is 0 Å². The van der Waals surface area contributed by atoms with Gasteiger partial charge in [0.15, 0.2) is 5.16 Å². The molecule has 0 radical (unpaired) electrons. The van der Waals surface area contributed by atoms with Crippen LogP contribution in [0.5, 0.6) is 0 Å². The van der Waals surface area contributed by atoms with Gasteiger partial charge >= 0.3 is 6.18 Å². The molecule has 0 atom stereocenters. The summed E-state index contributed by atoms with van der Waals surface area (Å²) >= 11 is 0.933. The number of nitrogens with two attached hydrogens (primary N) is 1. The lowest BCUT2D eigenvalue weighted by Gasteiger charge is -2.10. The largest absolute Gasteiger partial charge is 0.416 e. The molecule has 0 amide bonds. The molecule has 9 heteroatoms. The number of nitrogens with one attached hydrogen (secondary N) is 1. The second-order valence-corrected chi connectivity index (χ2v) is 4.79. The third-order valence-corrected chi connectivity index (χ3v) is 3.04. The number of nitrogens with zero attached hydrogens (tertiary/aromatic N) is 3. The van der Waals surface area contributed by atoms with E-state index in [9.17, 15) is 13.2 Å². The summed E-state index contributed by atoms with van der Waals surface area (Å²) in [5.41, 5.74) is 1.99. The van der Waals surface area contributed by atoms with Crippen molar-refractivity contribution in [1.29, 1.82) is 0 Å². The van der Waals surface area contributed by atoms with E-state index in [1.807, 2.05) is 0 Å². The molecule has 2 aromatic rings. The lowest BCUT2D eigenvalue weighted by atomic mass is 10.2. The number of alkyl halides is 3. The highest BCUT2D eigenvalue weighted by Gasteiger charge is 2.31. The molecule has 0 saturated heterocycles. The molecule has 2 rings (SSSR count). The van der Waals surface area contributed by atoms with Gasteiger partial charge in [-0.3, -0.25) is 0 Å². The maximum atomic E-state index is 12.8. The van der Waals surface area contributed by atoms with Gasteiger partial charge in [-0.25, -0.2) is 20.8 Å². The summed E-state index contributed by atoms with van der Waals surface area (Å²) in [7, 11) is 0. The topological polar surface area (TPSA) is 76.7 Å². The van der Waals surface area contributed by atoms with Crippen LogP contribution in [0.15, 0.2) is 34.6 Å². The smallest absolute Gasteiger partial charge is 0.308 e. The number of nitrogen functional groups attached to an aromatic ring is 1. The zero-order chi connectivity index (χ0) is 14.8. The second-order valence-electron chi connectivity index (χ2n) is 3.80. The number of anilines is 1. The van der Waals surface area contributed by atoms with Crippen LogP contribution in [-0.2, 0) is 6.18 Å².